The second-order valence-electron chi connectivity index (χ2n) is 4.22. The Hall–Kier alpha value is -3.13. The van der Waals surface area contributed by atoms with Gasteiger partial charge in [-0.2, -0.15) is 5.26 Å². The number of hydrogen-bond acceptors (Lipinski definition) is 4. The zero-order valence-corrected chi connectivity index (χ0v) is 11.3. The number of nitriles is 1. The Morgan fingerprint density at radius 3 is 2.52 bits per heavy atom. The molecule has 0 saturated heterocycles. The summed E-state index contributed by atoms with van der Waals surface area (Å²) in [5.41, 5.74) is 1.61. The van der Waals surface area contributed by atoms with E-state index in [2.05, 4.69) is 10.1 Å². The van der Waals surface area contributed by atoms with Crippen molar-refractivity contribution in [1.29, 1.82) is 5.26 Å². The predicted octanol–water partition coefficient (Wildman–Crippen LogP) is 2.60. The van der Waals surface area contributed by atoms with Gasteiger partial charge >= 0.3 is 5.97 Å². The summed E-state index contributed by atoms with van der Waals surface area (Å²) in [5.74, 6) is -0.827. The number of anilines is 1. The molecule has 104 valence electrons. The van der Waals surface area contributed by atoms with Gasteiger partial charge in [-0.15, -0.1) is 0 Å². The van der Waals surface area contributed by atoms with Gasteiger partial charge in [0.05, 0.1) is 24.3 Å². The van der Waals surface area contributed by atoms with Gasteiger partial charge in [0.2, 0.25) is 0 Å². The van der Waals surface area contributed by atoms with Crippen molar-refractivity contribution in [1.82, 2.24) is 0 Å². The highest BCUT2D eigenvalue weighted by molar-refractivity contribution is 6.05. The van der Waals surface area contributed by atoms with Crippen molar-refractivity contribution < 1.29 is 14.3 Å². The van der Waals surface area contributed by atoms with Crippen LogP contribution in [0.3, 0.4) is 0 Å². The zero-order valence-electron chi connectivity index (χ0n) is 11.3. The maximum atomic E-state index is 12.1. The van der Waals surface area contributed by atoms with Gasteiger partial charge in [-0.05, 0) is 36.4 Å². The lowest BCUT2D eigenvalue weighted by molar-refractivity contribution is 0.0600. The molecule has 0 fully saturated rings. The van der Waals surface area contributed by atoms with Crippen molar-refractivity contribution >= 4 is 17.6 Å². The highest BCUT2D eigenvalue weighted by Gasteiger charge is 2.09. The van der Waals surface area contributed by atoms with Crippen LogP contribution in [0.4, 0.5) is 5.69 Å². The summed E-state index contributed by atoms with van der Waals surface area (Å²) in [6.45, 7) is 0. The van der Waals surface area contributed by atoms with Crippen molar-refractivity contribution in [2.24, 2.45) is 0 Å². The zero-order chi connectivity index (χ0) is 15.2. The maximum absolute atomic E-state index is 12.1. The summed E-state index contributed by atoms with van der Waals surface area (Å²) < 4.78 is 4.62. The van der Waals surface area contributed by atoms with Gasteiger partial charge in [-0.3, -0.25) is 4.79 Å². The molecular formula is C16H12N2O3. The first-order valence-corrected chi connectivity index (χ1v) is 6.14. The minimum absolute atomic E-state index is 0.348. The lowest BCUT2D eigenvalue weighted by Crippen LogP contribution is -2.12. The number of nitrogens with zero attached hydrogens (tertiary/aromatic N) is 1. The molecule has 0 radical (unpaired) electrons. The third-order valence-corrected chi connectivity index (χ3v) is 2.80. The quantitative estimate of drug-likeness (QED) is 0.876. The van der Waals surface area contributed by atoms with E-state index in [9.17, 15) is 9.59 Å². The average Bonchev–Trinajstić information content (AvgIpc) is 2.54. The Balaban J connectivity index is 2.19. The van der Waals surface area contributed by atoms with Gasteiger partial charge in [0.1, 0.15) is 0 Å². The fourth-order valence-electron chi connectivity index (χ4n) is 1.78. The predicted molar refractivity (Wildman–Crippen MR) is 76.9 cm³/mol. The SMILES string of the molecule is COC(=O)c1cccc(NC(=O)c2cccc(C#N)c2)c1. The number of hydrogen-bond donors (Lipinski definition) is 1. The van der Waals surface area contributed by atoms with Gasteiger partial charge in [0.25, 0.3) is 5.91 Å². The smallest absolute Gasteiger partial charge is 0.337 e. The fourth-order valence-corrected chi connectivity index (χ4v) is 1.78. The lowest BCUT2D eigenvalue weighted by Gasteiger charge is -2.07. The molecule has 0 spiro atoms. The summed E-state index contributed by atoms with van der Waals surface area (Å²) in [7, 11) is 1.29. The van der Waals surface area contributed by atoms with E-state index in [1.807, 2.05) is 6.07 Å². The summed E-state index contributed by atoms with van der Waals surface area (Å²) in [5, 5.41) is 11.5. The van der Waals surface area contributed by atoms with Crippen LogP contribution in [0.15, 0.2) is 48.5 Å². The monoisotopic (exact) mass is 280 g/mol. The van der Waals surface area contributed by atoms with Gasteiger partial charge in [-0.1, -0.05) is 12.1 Å². The Morgan fingerprint density at radius 2 is 1.81 bits per heavy atom. The molecule has 0 atom stereocenters. The number of ether oxygens (including phenoxy) is 1. The molecule has 2 aromatic carbocycles. The van der Waals surface area contributed by atoms with Crippen LogP contribution in [-0.2, 0) is 4.74 Å². The van der Waals surface area contributed by atoms with E-state index in [0.29, 0.717) is 22.4 Å². The number of benzene rings is 2. The van der Waals surface area contributed by atoms with Crippen LogP contribution < -0.4 is 5.32 Å². The van der Waals surface area contributed by atoms with E-state index in [0.717, 1.165) is 0 Å². The van der Waals surface area contributed by atoms with Gasteiger partial charge in [0, 0.05) is 11.3 Å². The molecule has 21 heavy (non-hydrogen) atoms. The minimum Gasteiger partial charge on any atom is -0.465 e. The first-order valence-electron chi connectivity index (χ1n) is 6.14. The third-order valence-electron chi connectivity index (χ3n) is 2.80. The molecule has 2 rings (SSSR count). The van der Waals surface area contributed by atoms with Crippen LogP contribution in [0.25, 0.3) is 0 Å². The van der Waals surface area contributed by atoms with Crippen molar-refractivity contribution in [3.8, 4) is 6.07 Å². The van der Waals surface area contributed by atoms with Crippen molar-refractivity contribution in [3.63, 3.8) is 0 Å². The first kappa shape index (κ1) is 14.3. The number of amides is 1. The number of esters is 1. The fraction of sp³-hybridized carbons (Fsp3) is 0.0625. The second kappa shape index (κ2) is 6.35. The van der Waals surface area contributed by atoms with E-state index >= 15 is 0 Å². The summed E-state index contributed by atoms with van der Waals surface area (Å²) in [4.78, 5) is 23.5. The summed E-state index contributed by atoms with van der Waals surface area (Å²) in [6.07, 6.45) is 0. The highest BCUT2D eigenvalue weighted by Crippen LogP contribution is 2.13. The Kier molecular flexibility index (Phi) is 4.32. The topological polar surface area (TPSA) is 79.2 Å². The lowest BCUT2D eigenvalue weighted by atomic mass is 10.1. The van der Waals surface area contributed by atoms with Gasteiger partial charge in [0.15, 0.2) is 0 Å². The average molecular weight is 280 g/mol. The molecule has 5 nitrogen and oxygen atoms in total. The number of carbonyl (C=O) groups excluding carboxylic acids is 2. The van der Waals surface area contributed by atoms with Gasteiger partial charge in [-0.25, -0.2) is 4.79 Å². The van der Waals surface area contributed by atoms with Crippen LogP contribution in [0.1, 0.15) is 26.3 Å². The first-order chi connectivity index (χ1) is 10.1. The standard InChI is InChI=1S/C16H12N2O3/c1-21-16(20)13-6-3-7-14(9-13)18-15(19)12-5-2-4-11(8-12)10-17/h2-9H,1H3,(H,18,19). The van der Waals surface area contributed by atoms with Crippen molar-refractivity contribution in [2.75, 3.05) is 12.4 Å². The maximum Gasteiger partial charge on any atom is 0.337 e. The normalized spacial score (nSPS) is 9.52. The molecule has 1 amide bonds. The Morgan fingerprint density at radius 1 is 1.10 bits per heavy atom. The van der Waals surface area contributed by atoms with E-state index < -0.39 is 5.97 Å². The molecule has 0 unspecified atom stereocenters. The molecule has 0 aromatic heterocycles. The second-order valence-corrected chi connectivity index (χ2v) is 4.22. The number of methoxy groups -OCH3 is 1. The number of rotatable bonds is 3. The van der Waals surface area contributed by atoms with Crippen LogP contribution in [0.2, 0.25) is 0 Å². The highest BCUT2D eigenvalue weighted by atomic mass is 16.5. The third kappa shape index (κ3) is 3.45. The number of carbonyl (C=O) groups is 2. The minimum atomic E-state index is -0.474. The molecule has 0 aliphatic carbocycles. The summed E-state index contributed by atoms with van der Waals surface area (Å²) in [6, 6.07) is 14.8. The van der Waals surface area contributed by atoms with Crippen LogP contribution in [0, 0.1) is 11.3 Å². The van der Waals surface area contributed by atoms with E-state index in [1.165, 1.54) is 19.2 Å². The molecule has 0 bridgehead atoms. The molecule has 0 saturated carbocycles. The number of nitrogens with one attached hydrogen (secondary N) is 1. The molecule has 0 heterocycles. The molecule has 0 aliphatic rings. The Labute approximate surface area is 121 Å². The summed E-state index contributed by atoms with van der Waals surface area (Å²) >= 11 is 0. The van der Waals surface area contributed by atoms with Crippen molar-refractivity contribution in [3.05, 3.63) is 65.2 Å². The molecular weight excluding hydrogens is 268 g/mol. The van der Waals surface area contributed by atoms with E-state index in [-0.39, 0.29) is 5.91 Å². The van der Waals surface area contributed by atoms with E-state index in [4.69, 9.17) is 5.26 Å². The Bertz CT molecular complexity index is 732. The van der Waals surface area contributed by atoms with Crippen LogP contribution in [0.5, 0.6) is 0 Å². The van der Waals surface area contributed by atoms with Crippen molar-refractivity contribution in [2.45, 2.75) is 0 Å². The van der Waals surface area contributed by atoms with E-state index in [1.54, 1.807) is 36.4 Å². The van der Waals surface area contributed by atoms with Crippen LogP contribution >= 0.6 is 0 Å². The molecule has 1 N–H and O–H groups in total. The van der Waals surface area contributed by atoms with Gasteiger partial charge < -0.3 is 10.1 Å². The largest absolute Gasteiger partial charge is 0.465 e. The molecule has 0 aliphatic heterocycles. The molecule has 2 aromatic rings. The van der Waals surface area contributed by atoms with Crippen LogP contribution in [-0.4, -0.2) is 19.0 Å². The molecule has 5 heteroatoms.